The molecule has 0 unspecified atom stereocenters. The standard InChI is InChI=1S/C20H21N5O3S2/c1-5-12-11(2)30-17-16(12)18(27)25-19(22-17)24(23-20(25)29-4)10-15(26)21-13-8-6-7-9-14(13)28-3/h6-9H,5,10H2,1-4H3,(H,21,26). The predicted molar refractivity (Wildman–Crippen MR) is 120 cm³/mol. The second-order valence-corrected chi connectivity index (χ2v) is 8.59. The van der Waals surface area contributed by atoms with Crippen LogP contribution in [0.4, 0.5) is 5.69 Å². The second-order valence-electron chi connectivity index (χ2n) is 6.62. The Balaban J connectivity index is 1.78. The highest BCUT2D eigenvalue weighted by Crippen LogP contribution is 2.29. The van der Waals surface area contributed by atoms with Gasteiger partial charge >= 0.3 is 0 Å². The molecule has 0 aliphatic carbocycles. The normalized spacial score (nSPS) is 11.3. The summed E-state index contributed by atoms with van der Waals surface area (Å²) in [4.78, 5) is 32.4. The Labute approximate surface area is 180 Å². The number of hydrogen-bond acceptors (Lipinski definition) is 7. The van der Waals surface area contributed by atoms with Crippen LogP contribution in [0.3, 0.4) is 0 Å². The first kappa shape index (κ1) is 20.4. The van der Waals surface area contributed by atoms with E-state index in [0.29, 0.717) is 32.6 Å². The van der Waals surface area contributed by atoms with Gasteiger partial charge in [-0.25, -0.2) is 14.1 Å². The number of aryl methyl sites for hydroxylation is 2. The summed E-state index contributed by atoms with van der Waals surface area (Å²) in [6, 6.07) is 7.18. The first-order valence-corrected chi connectivity index (χ1v) is 11.4. The number of rotatable bonds is 6. The number of para-hydroxylation sites is 2. The van der Waals surface area contributed by atoms with E-state index in [4.69, 9.17) is 9.72 Å². The van der Waals surface area contributed by atoms with Crippen molar-refractivity contribution in [2.75, 3.05) is 18.7 Å². The molecule has 4 rings (SSSR count). The lowest BCUT2D eigenvalue weighted by Crippen LogP contribution is -2.21. The Morgan fingerprint density at radius 2 is 2.10 bits per heavy atom. The Kier molecular flexibility index (Phi) is 5.52. The number of thiophene rings is 1. The monoisotopic (exact) mass is 443 g/mol. The predicted octanol–water partition coefficient (Wildman–Crippen LogP) is 3.35. The van der Waals surface area contributed by atoms with Gasteiger partial charge in [0.2, 0.25) is 11.7 Å². The molecule has 0 aliphatic rings. The first-order valence-electron chi connectivity index (χ1n) is 9.36. The Bertz CT molecular complexity index is 1320. The molecule has 1 amide bonds. The van der Waals surface area contributed by atoms with E-state index in [1.165, 1.54) is 32.2 Å². The van der Waals surface area contributed by atoms with Gasteiger partial charge in [-0.15, -0.1) is 16.4 Å². The van der Waals surface area contributed by atoms with Gasteiger partial charge in [-0.1, -0.05) is 30.8 Å². The fraction of sp³-hybridized carbons (Fsp3) is 0.300. The summed E-state index contributed by atoms with van der Waals surface area (Å²) in [7, 11) is 1.55. The molecule has 0 bridgehead atoms. The third kappa shape index (κ3) is 3.35. The Morgan fingerprint density at radius 1 is 1.33 bits per heavy atom. The van der Waals surface area contributed by atoms with Crippen LogP contribution in [-0.2, 0) is 17.8 Å². The summed E-state index contributed by atoms with van der Waals surface area (Å²) in [5.41, 5.74) is 1.45. The van der Waals surface area contributed by atoms with E-state index < -0.39 is 0 Å². The number of nitrogens with zero attached hydrogens (tertiary/aromatic N) is 4. The average Bonchev–Trinajstić information content (AvgIpc) is 3.25. The largest absolute Gasteiger partial charge is 0.495 e. The minimum Gasteiger partial charge on any atom is -0.495 e. The van der Waals surface area contributed by atoms with Crippen LogP contribution in [-0.4, -0.2) is 38.4 Å². The number of anilines is 1. The van der Waals surface area contributed by atoms with E-state index in [9.17, 15) is 9.59 Å². The maximum Gasteiger partial charge on any atom is 0.270 e. The lowest BCUT2D eigenvalue weighted by Gasteiger charge is -2.09. The number of aromatic nitrogens is 4. The first-order chi connectivity index (χ1) is 14.5. The van der Waals surface area contributed by atoms with Crippen molar-refractivity contribution in [1.29, 1.82) is 0 Å². The number of carbonyl (C=O) groups is 1. The van der Waals surface area contributed by atoms with Crippen LogP contribution in [0.1, 0.15) is 17.4 Å². The van der Waals surface area contributed by atoms with E-state index in [1.54, 1.807) is 19.2 Å². The third-order valence-electron chi connectivity index (χ3n) is 4.85. The minimum absolute atomic E-state index is 0.0783. The van der Waals surface area contributed by atoms with E-state index in [-0.39, 0.29) is 18.0 Å². The van der Waals surface area contributed by atoms with Gasteiger partial charge in [-0.2, -0.15) is 0 Å². The smallest absolute Gasteiger partial charge is 0.270 e. The fourth-order valence-corrected chi connectivity index (χ4v) is 5.11. The molecular weight excluding hydrogens is 422 g/mol. The van der Waals surface area contributed by atoms with Gasteiger partial charge in [0.1, 0.15) is 17.1 Å². The lowest BCUT2D eigenvalue weighted by molar-refractivity contribution is -0.116. The van der Waals surface area contributed by atoms with Crippen LogP contribution in [0.5, 0.6) is 5.75 Å². The molecule has 4 aromatic rings. The number of amides is 1. The Morgan fingerprint density at radius 3 is 2.80 bits per heavy atom. The average molecular weight is 444 g/mol. The van der Waals surface area contributed by atoms with Gasteiger partial charge in [0, 0.05) is 4.88 Å². The van der Waals surface area contributed by atoms with Gasteiger partial charge in [-0.3, -0.25) is 9.59 Å². The molecule has 0 atom stereocenters. The van der Waals surface area contributed by atoms with Crippen LogP contribution in [0.25, 0.3) is 16.0 Å². The quantitative estimate of drug-likeness (QED) is 0.460. The molecule has 0 radical (unpaired) electrons. The van der Waals surface area contributed by atoms with Gasteiger partial charge in [0.25, 0.3) is 5.56 Å². The summed E-state index contributed by atoms with van der Waals surface area (Å²) < 4.78 is 8.24. The van der Waals surface area contributed by atoms with Gasteiger partial charge in [0.05, 0.1) is 18.2 Å². The highest BCUT2D eigenvalue weighted by molar-refractivity contribution is 7.98. The van der Waals surface area contributed by atoms with E-state index >= 15 is 0 Å². The van der Waals surface area contributed by atoms with E-state index in [0.717, 1.165) is 16.9 Å². The summed E-state index contributed by atoms with van der Waals surface area (Å²) in [5, 5.41) is 8.44. The number of nitrogens with one attached hydrogen (secondary N) is 1. The van der Waals surface area contributed by atoms with Crippen molar-refractivity contribution in [2.45, 2.75) is 32.0 Å². The molecular formula is C20H21N5O3S2. The summed E-state index contributed by atoms with van der Waals surface area (Å²) in [6.07, 6.45) is 2.61. The van der Waals surface area contributed by atoms with E-state index in [1.807, 2.05) is 32.2 Å². The summed E-state index contributed by atoms with van der Waals surface area (Å²) in [5.74, 6) is 0.636. The highest BCUT2D eigenvalue weighted by atomic mass is 32.2. The van der Waals surface area contributed by atoms with Crippen molar-refractivity contribution < 1.29 is 9.53 Å². The van der Waals surface area contributed by atoms with Crippen molar-refractivity contribution in [2.24, 2.45) is 0 Å². The van der Waals surface area contributed by atoms with Crippen LogP contribution in [0.2, 0.25) is 0 Å². The van der Waals surface area contributed by atoms with E-state index in [2.05, 4.69) is 10.4 Å². The number of methoxy groups -OCH3 is 1. The zero-order valence-electron chi connectivity index (χ0n) is 17.1. The molecule has 0 aliphatic heterocycles. The summed E-state index contributed by atoms with van der Waals surface area (Å²) in [6.45, 7) is 3.96. The zero-order valence-corrected chi connectivity index (χ0v) is 18.7. The minimum atomic E-state index is -0.289. The summed E-state index contributed by atoms with van der Waals surface area (Å²) >= 11 is 2.84. The van der Waals surface area contributed by atoms with Crippen LogP contribution >= 0.6 is 23.1 Å². The Hall–Kier alpha value is -2.85. The molecule has 3 heterocycles. The third-order valence-corrected chi connectivity index (χ3v) is 6.52. The van der Waals surface area contributed by atoms with Crippen molar-refractivity contribution in [1.82, 2.24) is 19.2 Å². The maximum atomic E-state index is 13.3. The molecule has 0 spiro atoms. The number of ether oxygens (including phenoxy) is 1. The lowest BCUT2D eigenvalue weighted by atomic mass is 10.1. The molecule has 3 aromatic heterocycles. The van der Waals surface area contributed by atoms with Crippen molar-refractivity contribution >= 4 is 50.7 Å². The zero-order chi connectivity index (χ0) is 21.4. The molecule has 0 saturated heterocycles. The second kappa shape index (κ2) is 8.11. The molecule has 8 nitrogen and oxygen atoms in total. The van der Waals surface area contributed by atoms with Crippen molar-refractivity contribution in [3.63, 3.8) is 0 Å². The maximum absolute atomic E-state index is 13.3. The molecule has 0 saturated carbocycles. The molecule has 1 N–H and O–H groups in total. The fourth-order valence-electron chi connectivity index (χ4n) is 3.48. The number of carbonyl (C=O) groups excluding carboxylic acids is 1. The van der Waals surface area contributed by atoms with Crippen LogP contribution in [0.15, 0.2) is 34.2 Å². The molecule has 30 heavy (non-hydrogen) atoms. The molecule has 0 fully saturated rings. The van der Waals surface area contributed by atoms with Crippen molar-refractivity contribution in [3.05, 3.63) is 45.1 Å². The van der Waals surface area contributed by atoms with Crippen LogP contribution in [0, 0.1) is 6.92 Å². The molecule has 10 heteroatoms. The molecule has 156 valence electrons. The van der Waals surface area contributed by atoms with Gasteiger partial charge in [-0.05, 0) is 37.3 Å². The number of hydrogen-bond donors (Lipinski definition) is 1. The van der Waals surface area contributed by atoms with Crippen LogP contribution < -0.4 is 15.6 Å². The highest BCUT2D eigenvalue weighted by Gasteiger charge is 2.21. The van der Waals surface area contributed by atoms with Gasteiger partial charge in [0.15, 0.2) is 5.16 Å². The number of thioether (sulfide) groups is 1. The number of benzene rings is 1. The molecule has 1 aromatic carbocycles. The topological polar surface area (TPSA) is 90.5 Å². The van der Waals surface area contributed by atoms with Gasteiger partial charge < -0.3 is 10.1 Å². The number of fused-ring (bicyclic) bond motifs is 2. The SMILES string of the molecule is CCc1c(C)sc2nc3n(CC(=O)Nc4ccccc4OC)nc(SC)n3c(=O)c12. The van der Waals surface area contributed by atoms with Crippen molar-refractivity contribution in [3.8, 4) is 5.75 Å².